The van der Waals surface area contributed by atoms with Crippen LogP contribution in [0.15, 0.2) is 24.3 Å². The van der Waals surface area contributed by atoms with Gasteiger partial charge in [-0.1, -0.05) is 6.07 Å². The second-order valence-electron chi connectivity index (χ2n) is 6.58. The summed E-state index contributed by atoms with van der Waals surface area (Å²) in [4.78, 5) is 14.1. The largest absolute Gasteiger partial charge is 0.508 e. The quantitative estimate of drug-likeness (QED) is 0.810. The van der Waals surface area contributed by atoms with Crippen molar-refractivity contribution in [2.45, 2.75) is 25.8 Å². The van der Waals surface area contributed by atoms with Crippen molar-refractivity contribution in [3.63, 3.8) is 0 Å². The van der Waals surface area contributed by atoms with Gasteiger partial charge in [0, 0.05) is 19.0 Å². The summed E-state index contributed by atoms with van der Waals surface area (Å²) in [7, 11) is 0. The first kappa shape index (κ1) is 13.7. The average molecular weight is 323 g/mol. The van der Waals surface area contributed by atoms with Crippen molar-refractivity contribution in [3.05, 3.63) is 41.0 Å². The first-order valence-corrected chi connectivity index (χ1v) is 8.18. The van der Waals surface area contributed by atoms with Crippen LogP contribution in [0.4, 0.5) is 0 Å². The Morgan fingerprint density at radius 2 is 2.12 bits per heavy atom. The lowest BCUT2D eigenvalue weighted by molar-refractivity contribution is -0.131. The molecular formula is C19H17NO4. The van der Waals surface area contributed by atoms with Gasteiger partial charge < -0.3 is 19.5 Å². The minimum atomic E-state index is -0.00921. The average Bonchev–Trinajstić information content (AvgIpc) is 3.02. The van der Waals surface area contributed by atoms with Crippen molar-refractivity contribution in [3.8, 4) is 28.4 Å². The molecule has 0 radical (unpaired) electrons. The molecule has 0 saturated heterocycles. The molecule has 24 heavy (non-hydrogen) atoms. The summed E-state index contributed by atoms with van der Waals surface area (Å²) in [6, 6.07) is 7.49. The van der Waals surface area contributed by atoms with E-state index in [0.717, 1.165) is 34.6 Å². The van der Waals surface area contributed by atoms with E-state index in [9.17, 15) is 9.90 Å². The minimum Gasteiger partial charge on any atom is -0.508 e. The Kier molecular flexibility index (Phi) is 2.66. The number of aromatic hydroxyl groups is 1. The van der Waals surface area contributed by atoms with Crippen molar-refractivity contribution in [1.29, 1.82) is 0 Å². The van der Waals surface area contributed by atoms with Gasteiger partial charge in [-0.15, -0.1) is 0 Å². The van der Waals surface area contributed by atoms with Crippen molar-refractivity contribution in [1.82, 2.24) is 4.90 Å². The van der Waals surface area contributed by atoms with E-state index in [2.05, 4.69) is 6.07 Å². The maximum Gasteiger partial charge on any atom is 0.231 e. The van der Waals surface area contributed by atoms with E-state index >= 15 is 0 Å². The third-order valence-electron chi connectivity index (χ3n) is 5.30. The normalized spacial score (nSPS) is 19.7. The van der Waals surface area contributed by atoms with E-state index in [1.54, 1.807) is 19.1 Å². The number of hydrogen-bond acceptors (Lipinski definition) is 4. The van der Waals surface area contributed by atoms with Gasteiger partial charge >= 0.3 is 0 Å². The van der Waals surface area contributed by atoms with Crippen LogP contribution >= 0.6 is 0 Å². The maximum absolute atomic E-state index is 12.1. The Hall–Kier alpha value is -2.69. The summed E-state index contributed by atoms with van der Waals surface area (Å²) in [5.41, 5.74) is 5.54. The van der Waals surface area contributed by atoms with Crippen LogP contribution in [0.3, 0.4) is 0 Å². The highest BCUT2D eigenvalue weighted by Gasteiger charge is 2.39. The molecule has 1 N–H and O–H groups in total. The molecule has 2 aliphatic heterocycles. The Morgan fingerprint density at radius 1 is 1.25 bits per heavy atom. The summed E-state index contributed by atoms with van der Waals surface area (Å²) in [5.74, 6) is 1.86. The van der Waals surface area contributed by atoms with Crippen LogP contribution in [0.5, 0.6) is 17.2 Å². The number of phenolic OH excluding ortho intramolecular Hbond substituents is 1. The number of carbonyl (C=O) groups is 1. The molecule has 2 heterocycles. The van der Waals surface area contributed by atoms with Crippen molar-refractivity contribution >= 4 is 5.91 Å². The van der Waals surface area contributed by atoms with E-state index in [1.165, 1.54) is 11.1 Å². The molecule has 122 valence electrons. The molecule has 5 rings (SSSR count). The zero-order chi connectivity index (χ0) is 16.4. The van der Waals surface area contributed by atoms with Gasteiger partial charge in [-0.3, -0.25) is 4.79 Å². The molecule has 0 aromatic heterocycles. The number of nitrogens with zero attached hydrogens (tertiary/aromatic N) is 1. The first-order chi connectivity index (χ1) is 11.6. The van der Waals surface area contributed by atoms with Gasteiger partial charge in [0.05, 0.1) is 6.04 Å². The van der Waals surface area contributed by atoms with E-state index in [1.807, 2.05) is 11.0 Å². The second-order valence-corrected chi connectivity index (χ2v) is 6.58. The number of phenols is 1. The highest BCUT2D eigenvalue weighted by molar-refractivity contribution is 5.85. The standard InChI is InChI=1S/C19H17NO4/c1-10(21)20-5-4-11-8-16-19(24-9-23-16)18-14-3-2-13(22)6-12(14)7-15(20)17(11)18/h2-3,6,8,15,22H,4-5,7,9H2,1H3. The molecule has 1 atom stereocenters. The van der Waals surface area contributed by atoms with Crippen LogP contribution in [0.1, 0.15) is 29.7 Å². The van der Waals surface area contributed by atoms with Gasteiger partial charge in [0.15, 0.2) is 11.5 Å². The van der Waals surface area contributed by atoms with Gasteiger partial charge in [-0.05, 0) is 53.3 Å². The lowest BCUT2D eigenvalue weighted by atomic mass is 9.76. The fraction of sp³-hybridized carbons (Fsp3) is 0.316. The number of amides is 1. The Bertz CT molecular complexity index is 889. The van der Waals surface area contributed by atoms with Gasteiger partial charge in [-0.2, -0.15) is 0 Å². The maximum atomic E-state index is 12.1. The van der Waals surface area contributed by atoms with Crippen LogP contribution < -0.4 is 9.47 Å². The number of fused-ring (bicyclic) bond motifs is 4. The van der Waals surface area contributed by atoms with E-state index in [0.29, 0.717) is 13.0 Å². The van der Waals surface area contributed by atoms with Gasteiger partial charge in [0.1, 0.15) is 5.75 Å². The summed E-state index contributed by atoms with van der Waals surface area (Å²) in [6.45, 7) is 2.55. The smallest absolute Gasteiger partial charge is 0.231 e. The SMILES string of the molecule is CC(=O)N1CCc2cc3c(c4c2C1Cc1cc(O)ccc1-4)OCO3. The van der Waals surface area contributed by atoms with Crippen molar-refractivity contribution in [2.24, 2.45) is 0 Å². The van der Waals surface area contributed by atoms with Crippen molar-refractivity contribution in [2.75, 3.05) is 13.3 Å². The summed E-state index contributed by atoms with van der Waals surface area (Å²) in [5, 5.41) is 9.90. The number of hydrogen-bond donors (Lipinski definition) is 1. The van der Waals surface area contributed by atoms with Crippen LogP contribution in [0, 0.1) is 0 Å². The van der Waals surface area contributed by atoms with Crippen LogP contribution in [-0.4, -0.2) is 29.3 Å². The lowest BCUT2D eigenvalue weighted by Gasteiger charge is -2.41. The number of ether oxygens (including phenoxy) is 2. The van der Waals surface area contributed by atoms with E-state index in [4.69, 9.17) is 9.47 Å². The Morgan fingerprint density at radius 3 is 2.96 bits per heavy atom. The molecule has 5 nitrogen and oxygen atoms in total. The predicted molar refractivity (Wildman–Crippen MR) is 87.2 cm³/mol. The van der Waals surface area contributed by atoms with Crippen LogP contribution in [0.25, 0.3) is 11.1 Å². The fourth-order valence-corrected chi connectivity index (χ4v) is 4.31. The molecule has 0 fully saturated rings. The topological polar surface area (TPSA) is 59.0 Å². The van der Waals surface area contributed by atoms with Crippen LogP contribution in [-0.2, 0) is 17.6 Å². The van der Waals surface area contributed by atoms with Crippen LogP contribution in [0.2, 0.25) is 0 Å². The number of carbonyl (C=O) groups excluding carboxylic acids is 1. The van der Waals surface area contributed by atoms with Gasteiger partial charge in [0.2, 0.25) is 12.7 Å². The Balaban J connectivity index is 1.83. The summed E-state index contributed by atoms with van der Waals surface area (Å²) >= 11 is 0. The zero-order valence-corrected chi connectivity index (χ0v) is 13.3. The van der Waals surface area contributed by atoms with Crippen molar-refractivity contribution < 1.29 is 19.4 Å². The molecule has 0 saturated carbocycles. The molecule has 3 aliphatic rings. The molecule has 1 unspecified atom stereocenters. The van der Waals surface area contributed by atoms with E-state index in [-0.39, 0.29) is 24.5 Å². The molecular weight excluding hydrogens is 306 g/mol. The molecule has 0 spiro atoms. The zero-order valence-electron chi connectivity index (χ0n) is 13.3. The molecule has 1 aliphatic carbocycles. The molecule has 1 amide bonds. The van der Waals surface area contributed by atoms with Gasteiger partial charge in [-0.25, -0.2) is 0 Å². The highest BCUT2D eigenvalue weighted by Crippen LogP contribution is 2.54. The van der Waals surface area contributed by atoms with E-state index < -0.39 is 0 Å². The molecule has 0 bridgehead atoms. The monoisotopic (exact) mass is 323 g/mol. The fourth-order valence-electron chi connectivity index (χ4n) is 4.31. The third kappa shape index (κ3) is 1.72. The highest BCUT2D eigenvalue weighted by atomic mass is 16.7. The number of benzene rings is 2. The lowest BCUT2D eigenvalue weighted by Crippen LogP contribution is -2.41. The number of rotatable bonds is 0. The second kappa shape index (κ2) is 4.66. The summed E-state index contributed by atoms with van der Waals surface area (Å²) < 4.78 is 11.4. The summed E-state index contributed by atoms with van der Waals surface area (Å²) in [6.07, 6.45) is 1.53. The molecule has 2 aromatic carbocycles. The van der Waals surface area contributed by atoms with Gasteiger partial charge in [0.25, 0.3) is 0 Å². The first-order valence-electron chi connectivity index (χ1n) is 8.18. The minimum absolute atomic E-state index is 0.00921. The third-order valence-corrected chi connectivity index (χ3v) is 5.30. The predicted octanol–water partition coefficient (Wildman–Crippen LogP) is 2.79. The molecule has 2 aromatic rings. The molecule has 5 heteroatoms. The Labute approximate surface area is 139 Å².